The molecule has 1 rings (SSSR count). The summed E-state index contributed by atoms with van der Waals surface area (Å²) in [5, 5.41) is 0.149. The topological polar surface area (TPSA) is 29.3 Å². The van der Waals surface area contributed by atoms with E-state index in [1.54, 1.807) is 0 Å². The van der Waals surface area contributed by atoms with Crippen LogP contribution in [-0.2, 0) is 6.18 Å². The van der Waals surface area contributed by atoms with Crippen molar-refractivity contribution in [2.75, 3.05) is 11.4 Å². The molecule has 0 aliphatic rings. The maximum atomic E-state index is 12.6. The second-order valence-electron chi connectivity index (χ2n) is 3.49. The molecule has 0 saturated carbocycles. The molecule has 0 heterocycles. The summed E-state index contributed by atoms with van der Waals surface area (Å²) in [6.45, 7) is 3.51. The van der Waals surface area contributed by atoms with Crippen molar-refractivity contribution in [1.29, 1.82) is 0 Å². The molecule has 18 heavy (non-hydrogen) atoms. The van der Waals surface area contributed by atoms with Crippen LogP contribution in [0.3, 0.4) is 0 Å². The molecule has 1 aromatic carbocycles. The van der Waals surface area contributed by atoms with Crippen molar-refractivity contribution in [2.45, 2.75) is 6.18 Å². The van der Waals surface area contributed by atoms with E-state index in [9.17, 15) is 13.2 Å². The van der Waals surface area contributed by atoms with E-state index in [1.165, 1.54) is 17.0 Å². The number of alkyl halides is 3. The Morgan fingerprint density at radius 1 is 1.44 bits per heavy atom. The summed E-state index contributed by atoms with van der Waals surface area (Å²) in [5.41, 5.74) is 4.90. The third-order valence-electron chi connectivity index (χ3n) is 2.08. The minimum Gasteiger partial charge on any atom is -0.376 e. The Labute approximate surface area is 113 Å². The monoisotopic (exact) mass is 294 g/mol. The van der Waals surface area contributed by atoms with Gasteiger partial charge in [-0.1, -0.05) is 24.2 Å². The molecule has 0 fully saturated rings. The maximum Gasteiger partial charge on any atom is 0.416 e. The third-order valence-corrected chi connectivity index (χ3v) is 2.42. The molecule has 0 spiro atoms. The quantitative estimate of drug-likeness (QED) is 0.865. The molecule has 0 aromatic heterocycles. The summed E-state index contributed by atoms with van der Waals surface area (Å²) in [6, 6.07) is 4.67. The molecule has 0 radical (unpaired) electrons. The van der Waals surface area contributed by atoms with Crippen LogP contribution in [0.4, 0.5) is 18.9 Å². The molecule has 0 saturated heterocycles. The van der Waals surface area contributed by atoms with Crippen LogP contribution in [-0.4, -0.2) is 11.7 Å². The van der Waals surface area contributed by atoms with Crippen molar-refractivity contribution in [1.82, 2.24) is 0 Å². The first-order chi connectivity index (χ1) is 8.21. The van der Waals surface area contributed by atoms with Crippen molar-refractivity contribution in [2.24, 2.45) is 5.73 Å². The van der Waals surface area contributed by atoms with Gasteiger partial charge in [0.05, 0.1) is 12.1 Å². The van der Waals surface area contributed by atoms with Gasteiger partial charge < -0.3 is 10.6 Å². The molecule has 7 heteroatoms. The van der Waals surface area contributed by atoms with Crippen LogP contribution in [0, 0.1) is 0 Å². The van der Waals surface area contributed by atoms with Crippen molar-refractivity contribution < 1.29 is 13.2 Å². The fourth-order valence-corrected chi connectivity index (χ4v) is 1.61. The highest BCUT2D eigenvalue weighted by Crippen LogP contribution is 2.31. The van der Waals surface area contributed by atoms with Crippen LogP contribution in [0.15, 0.2) is 35.9 Å². The first-order valence-corrected chi connectivity index (χ1v) is 5.58. The van der Waals surface area contributed by atoms with Gasteiger partial charge in [-0.05, 0) is 30.4 Å². The number of hydrogen-bond acceptors (Lipinski definition) is 1. The predicted octanol–water partition coefficient (Wildman–Crippen LogP) is 3.51. The lowest BCUT2D eigenvalue weighted by Crippen LogP contribution is -2.36. The number of hydrogen-bond donors (Lipinski definition) is 1. The minimum absolute atomic E-state index is 0.0538. The van der Waals surface area contributed by atoms with Crippen LogP contribution in [0.5, 0.6) is 0 Å². The zero-order valence-corrected chi connectivity index (χ0v) is 10.7. The van der Waals surface area contributed by atoms with Crippen molar-refractivity contribution in [3.63, 3.8) is 0 Å². The van der Waals surface area contributed by atoms with Crippen LogP contribution in [0.2, 0.25) is 0 Å². The third kappa shape index (κ3) is 3.89. The summed E-state index contributed by atoms with van der Waals surface area (Å²) in [6.07, 6.45) is -4.42. The van der Waals surface area contributed by atoms with Crippen molar-refractivity contribution >= 4 is 34.6 Å². The van der Waals surface area contributed by atoms with Gasteiger partial charge in [0, 0.05) is 10.7 Å². The highest BCUT2D eigenvalue weighted by molar-refractivity contribution is 7.80. The number of halogens is 4. The van der Waals surface area contributed by atoms with Gasteiger partial charge in [0.15, 0.2) is 5.11 Å². The van der Waals surface area contributed by atoms with E-state index in [0.717, 1.165) is 12.1 Å². The molecule has 0 unspecified atom stereocenters. The number of nitrogens with two attached hydrogens (primary N) is 1. The highest BCUT2D eigenvalue weighted by atomic mass is 35.5. The SMILES string of the molecule is C=C(Cl)CN(C(N)=S)c1cccc(C(F)(F)F)c1. The maximum absolute atomic E-state index is 12.6. The predicted molar refractivity (Wildman–Crippen MR) is 70.6 cm³/mol. The Balaban J connectivity index is 3.13. The summed E-state index contributed by atoms with van der Waals surface area (Å²) >= 11 is 10.4. The lowest BCUT2D eigenvalue weighted by Gasteiger charge is -2.23. The van der Waals surface area contributed by atoms with Gasteiger partial charge in [-0.2, -0.15) is 13.2 Å². The largest absolute Gasteiger partial charge is 0.416 e. The standard InChI is InChI=1S/C11H10ClF3N2S/c1-7(12)6-17(10(16)18)9-4-2-3-8(5-9)11(13,14)15/h2-5H,1,6H2,(H2,16,18). The van der Waals surface area contributed by atoms with E-state index < -0.39 is 11.7 Å². The number of anilines is 1. The molecule has 0 amide bonds. The lowest BCUT2D eigenvalue weighted by molar-refractivity contribution is -0.137. The molecule has 0 aliphatic carbocycles. The summed E-state index contributed by atoms with van der Waals surface area (Å²) in [7, 11) is 0. The fourth-order valence-electron chi connectivity index (χ4n) is 1.32. The number of rotatable bonds is 3. The summed E-state index contributed by atoms with van der Waals surface area (Å²) in [4.78, 5) is 1.28. The van der Waals surface area contributed by atoms with E-state index in [4.69, 9.17) is 29.6 Å². The molecule has 0 aliphatic heterocycles. The zero-order chi connectivity index (χ0) is 13.9. The van der Waals surface area contributed by atoms with E-state index in [1.807, 2.05) is 0 Å². The van der Waals surface area contributed by atoms with Crippen LogP contribution in [0.1, 0.15) is 5.56 Å². The molecule has 98 valence electrons. The Kier molecular flexibility index (Phi) is 4.59. The first-order valence-electron chi connectivity index (χ1n) is 4.79. The second kappa shape index (κ2) is 5.58. The van der Waals surface area contributed by atoms with E-state index >= 15 is 0 Å². The second-order valence-corrected chi connectivity index (χ2v) is 4.44. The Morgan fingerprint density at radius 3 is 2.50 bits per heavy atom. The number of thiocarbonyl (C=S) groups is 1. The average Bonchev–Trinajstić information content (AvgIpc) is 2.24. The normalized spacial score (nSPS) is 11.1. The van der Waals surface area contributed by atoms with E-state index in [2.05, 4.69) is 6.58 Å². The highest BCUT2D eigenvalue weighted by Gasteiger charge is 2.31. The van der Waals surface area contributed by atoms with Gasteiger partial charge in [0.25, 0.3) is 0 Å². The Hall–Kier alpha value is -1.27. The zero-order valence-electron chi connectivity index (χ0n) is 9.17. The Bertz CT molecular complexity index is 474. The van der Waals surface area contributed by atoms with Crippen molar-refractivity contribution in [3.8, 4) is 0 Å². The van der Waals surface area contributed by atoms with Gasteiger partial charge >= 0.3 is 6.18 Å². The van der Waals surface area contributed by atoms with Gasteiger partial charge in [0.1, 0.15) is 0 Å². The molecule has 0 atom stereocenters. The van der Waals surface area contributed by atoms with Gasteiger partial charge in [0.2, 0.25) is 0 Å². The van der Waals surface area contributed by atoms with Crippen molar-refractivity contribution in [3.05, 3.63) is 41.4 Å². The number of benzene rings is 1. The lowest BCUT2D eigenvalue weighted by atomic mass is 10.2. The van der Waals surface area contributed by atoms with Crippen LogP contribution in [0.25, 0.3) is 0 Å². The molecular formula is C11H10ClF3N2S. The van der Waals surface area contributed by atoms with Gasteiger partial charge in [-0.25, -0.2) is 0 Å². The average molecular weight is 295 g/mol. The first kappa shape index (κ1) is 14.8. The fraction of sp³-hybridized carbons (Fsp3) is 0.182. The molecule has 1 aromatic rings. The summed E-state index contributed by atoms with van der Waals surface area (Å²) < 4.78 is 37.7. The van der Waals surface area contributed by atoms with Crippen LogP contribution >= 0.6 is 23.8 Å². The summed E-state index contributed by atoms with van der Waals surface area (Å²) in [5.74, 6) is 0. The van der Waals surface area contributed by atoms with E-state index in [-0.39, 0.29) is 22.4 Å². The minimum atomic E-state index is -4.42. The van der Waals surface area contributed by atoms with Crippen LogP contribution < -0.4 is 10.6 Å². The number of nitrogens with zero attached hydrogens (tertiary/aromatic N) is 1. The van der Waals surface area contributed by atoms with E-state index in [0.29, 0.717) is 0 Å². The Morgan fingerprint density at radius 2 is 2.06 bits per heavy atom. The smallest absolute Gasteiger partial charge is 0.376 e. The molecule has 0 bridgehead atoms. The molecular weight excluding hydrogens is 285 g/mol. The molecule has 2 nitrogen and oxygen atoms in total. The van der Waals surface area contributed by atoms with Gasteiger partial charge in [-0.15, -0.1) is 0 Å². The van der Waals surface area contributed by atoms with Gasteiger partial charge in [-0.3, -0.25) is 0 Å². The molecule has 2 N–H and O–H groups in total.